The van der Waals surface area contributed by atoms with Gasteiger partial charge < -0.3 is 15.0 Å². The van der Waals surface area contributed by atoms with Crippen molar-refractivity contribution in [1.82, 2.24) is 15.3 Å². The molecule has 0 atom stereocenters. The first kappa shape index (κ1) is 18.4. The molecule has 3 aromatic rings. The van der Waals surface area contributed by atoms with Crippen molar-refractivity contribution in [2.24, 2.45) is 0 Å². The quantitative estimate of drug-likeness (QED) is 0.497. The lowest BCUT2D eigenvalue weighted by Crippen LogP contribution is -2.27. The Morgan fingerprint density at radius 3 is 2.69 bits per heavy atom. The summed E-state index contributed by atoms with van der Waals surface area (Å²) in [5.74, 6) is -0.674. The van der Waals surface area contributed by atoms with Crippen LogP contribution in [0.4, 0.5) is 0 Å². The van der Waals surface area contributed by atoms with Crippen molar-refractivity contribution in [3.8, 4) is 0 Å². The molecule has 2 heterocycles. The fraction of sp³-hybridized carbons (Fsp3) is 0.167. The van der Waals surface area contributed by atoms with E-state index in [9.17, 15) is 9.59 Å². The Morgan fingerprint density at radius 1 is 1.27 bits per heavy atom. The number of hydrogen-bond acceptors (Lipinski definition) is 4. The lowest BCUT2D eigenvalue weighted by Gasteiger charge is -2.10. The Balaban J connectivity index is 1.93. The Morgan fingerprint density at radius 2 is 2.00 bits per heavy atom. The van der Waals surface area contributed by atoms with Crippen LogP contribution < -0.4 is 5.32 Å². The van der Waals surface area contributed by atoms with Crippen molar-refractivity contribution in [3.63, 3.8) is 0 Å². The van der Waals surface area contributed by atoms with E-state index in [-0.39, 0.29) is 32.9 Å². The monoisotopic (exact) mass is 391 g/mol. The highest BCUT2D eigenvalue weighted by Crippen LogP contribution is 2.31. The van der Waals surface area contributed by atoms with Crippen molar-refractivity contribution in [1.29, 1.82) is 0 Å². The average Bonchev–Trinajstić information content (AvgIpc) is 3.05. The zero-order valence-electron chi connectivity index (χ0n) is 13.8. The molecule has 3 rings (SSSR count). The third kappa shape index (κ3) is 3.58. The molecule has 0 aliphatic carbocycles. The maximum absolute atomic E-state index is 12.9. The molecule has 6 nitrogen and oxygen atoms in total. The van der Waals surface area contributed by atoms with Crippen molar-refractivity contribution in [2.75, 3.05) is 20.3 Å². The number of nitrogens with zero attached hydrogens (tertiary/aromatic N) is 1. The smallest absolute Gasteiger partial charge is 0.251 e. The van der Waals surface area contributed by atoms with Gasteiger partial charge in [-0.2, -0.15) is 0 Å². The maximum Gasteiger partial charge on any atom is 0.251 e. The molecule has 0 fully saturated rings. The van der Waals surface area contributed by atoms with Crippen LogP contribution in [-0.4, -0.2) is 41.9 Å². The van der Waals surface area contributed by atoms with Gasteiger partial charge in [-0.15, -0.1) is 0 Å². The number of pyridine rings is 1. The number of benzene rings is 1. The zero-order valence-corrected chi connectivity index (χ0v) is 15.3. The molecule has 8 heteroatoms. The van der Waals surface area contributed by atoms with Gasteiger partial charge in [0, 0.05) is 42.6 Å². The van der Waals surface area contributed by atoms with Crippen LogP contribution in [0.15, 0.2) is 36.8 Å². The zero-order chi connectivity index (χ0) is 18.7. The first-order chi connectivity index (χ1) is 12.5. The van der Waals surface area contributed by atoms with Crippen LogP contribution in [0.5, 0.6) is 0 Å². The van der Waals surface area contributed by atoms with E-state index < -0.39 is 0 Å². The number of carbonyl (C=O) groups excluding carboxylic acids is 2. The molecule has 2 N–H and O–H groups in total. The van der Waals surface area contributed by atoms with E-state index in [1.807, 2.05) is 0 Å². The molecule has 1 aromatic carbocycles. The van der Waals surface area contributed by atoms with Gasteiger partial charge >= 0.3 is 0 Å². The van der Waals surface area contributed by atoms with Crippen LogP contribution in [0.2, 0.25) is 10.0 Å². The topological polar surface area (TPSA) is 84.1 Å². The number of aromatic nitrogens is 2. The number of hydrogen-bond donors (Lipinski definition) is 2. The number of methoxy groups -OCH3 is 1. The van der Waals surface area contributed by atoms with Crippen molar-refractivity contribution in [3.05, 3.63) is 63.5 Å². The summed E-state index contributed by atoms with van der Waals surface area (Å²) in [6.07, 6.45) is 4.82. The first-order valence-corrected chi connectivity index (χ1v) is 8.50. The van der Waals surface area contributed by atoms with Crippen LogP contribution >= 0.6 is 23.2 Å². The van der Waals surface area contributed by atoms with E-state index >= 15 is 0 Å². The molecule has 26 heavy (non-hydrogen) atoms. The Hall–Kier alpha value is -2.41. The SMILES string of the molecule is COCCNC(=O)c1cc(Cl)c(C(=O)c2c[nH]c3cnccc23)c(Cl)c1. The number of rotatable bonds is 6. The van der Waals surface area contributed by atoms with Crippen LogP contribution in [0, 0.1) is 0 Å². The Bertz CT molecular complexity index is 962. The minimum Gasteiger partial charge on any atom is -0.383 e. The van der Waals surface area contributed by atoms with Crippen LogP contribution in [0.25, 0.3) is 10.9 Å². The van der Waals surface area contributed by atoms with E-state index in [2.05, 4.69) is 15.3 Å². The van der Waals surface area contributed by atoms with Gasteiger partial charge in [-0.05, 0) is 18.2 Å². The fourth-order valence-electron chi connectivity index (χ4n) is 2.58. The maximum atomic E-state index is 12.9. The number of ketones is 1. The third-order valence-electron chi connectivity index (χ3n) is 3.85. The summed E-state index contributed by atoms with van der Waals surface area (Å²) in [6.45, 7) is 0.744. The predicted molar refractivity (Wildman–Crippen MR) is 100 cm³/mol. The summed E-state index contributed by atoms with van der Waals surface area (Å²) in [5.41, 5.74) is 1.59. The molecule has 0 bridgehead atoms. The molecular formula is C18H15Cl2N3O3. The number of ether oxygens (including phenoxy) is 1. The minimum atomic E-state index is -0.344. The number of H-pyrrole nitrogens is 1. The van der Waals surface area contributed by atoms with Crippen LogP contribution in [0.3, 0.4) is 0 Å². The molecule has 0 saturated heterocycles. The van der Waals surface area contributed by atoms with E-state index in [1.54, 1.807) is 31.8 Å². The highest BCUT2D eigenvalue weighted by atomic mass is 35.5. The molecule has 0 aliphatic rings. The fourth-order valence-corrected chi connectivity index (χ4v) is 3.24. The molecule has 0 spiro atoms. The molecule has 1 amide bonds. The molecule has 0 saturated carbocycles. The van der Waals surface area contributed by atoms with Gasteiger partial charge in [-0.1, -0.05) is 23.2 Å². The number of carbonyl (C=O) groups is 2. The second kappa shape index (κ2) is 7.86. The summed E-state index contributed by atoms with van der Waals surface area (Å²) >= 11 is 12.5. The molecule has 0 radical (unpaired) electrons. The van der Waals surface area contributed by atoms with Crippen LogP contribution in [-0.2, 0) is 4.74 Å². The Labute approximate surface area is 159 Å². The summed E-state index contributed by atoms with van der Waals surface area (Å²) in [4.78, 5) is 32.1. The molecule has 0 unspecified atom stereocenters. The highest BCUT2D eigenvalue weighted by molar-refractivity contribution is 6.42. The number of amides is 1. The largest absolute Gasteiger partial charge is 0.383 e. The lowest BCUT2D eigenvalue weighted by atomic mass is 10.0. The predicted octanol–water partition coefficient (Wildman–Crippen LogP) is 3.48. The second-order valence-electron chi connectivity index (χ2n) is 5.52. The van der Waals surface area contributed by atoms with Gasteiger partial charge in [-0.25, -0.2) is 0 Å². The second-order valence-corrected chi connectivity index (χ2v) is 6.33. The van der Waals surface area contributed by atoms with Gasteiger partial charge in [0.1, 0.15) is 0 Å². The first-order valence-electron chi connectivity index (χ1n) is 7.75. The number of nitrogens with one attached hydrogen (secondary N) is 2. The average molecular weight is 392 g/mol. The number of fused-ring (bicyclic) bond motifs is 1. The van der Waals surface area contributed by atoms with E-state index in [4.69, 9.17) is 27.9 Å². The molecule has 0 aliphatic heterocycles. The third-order valence-corrected chi connectivity index (χ3v) is 4.45. The van der Waals surface area contributed by atoms with Gasteiger partial charge in [0.05, 0.1) is 33.9 Å². The Kier molecular flexibility index (Phi) is 5.56. The summed E-state index contributed by atoms with van der Waals surface area (Å²) in [6, 6.07) is 4.59. The van der Waals surface area contributed by atoms with Gasteiger partial charge in [0.2, 0.25) is 0 Å². The number of halogens is 2. The van der Waals surface area contributed by atoms with E-state index in [0.717, 1.165) is 10.9 Å². The van der Waals surface area contributed by atoms with E-state index in [1.165, 1.54) is 12.1 Å². The van der Waals surface area contributed by atoms with E-state index in [0.29, 0.717) is 18.7 Å². The van der Waals surface area contributed by atoms with Gasteiger partial charge in [0.15, 0.2) is 5.78 Å². The summed E-state index contributed by atoms with van der Waals surface area (Å²) in [7, 11) is 1.54. The summed E-state index contributed by atoms with van der Waals surface area (Å²) in [5, 5.41) is 3.62. The number of aromatic amines is 1. The molecule has 134 valence electrons. The standard InChI is InChI=1S/C18H15Cl2N3O3/c1-26-5-4-22-18(25)10-6-13(19)16(14(20)7-10)17(24)12-8-23-15-9-21-3-2-11(12)15/h2-3,6-9,23H,4-5H2,1H3,(H,22,25). The summed E-state index contributed by atoms with van der Waals surface area (Å²) < 4.78 is 4.88. The normalized spacial score (nSPS) is 10.9. The molecule has 2 aromatic heterocycles. The molecular weight excluding hydrogens is 377 g/mol. The lowest BCUT2D eigenvalue weighted by molar-refractivity contribution is 0.0936. The van der Waals surface area contributed by atoms with Crippen LogP contribution in [0.1, 0.15) is 26.3 Å². The van der Waals surface area contributed by atoms with Gasteiger partial charge in [0.25, 0.3) is 5.91 Å². The highest BCUT2D eigenvalue weighted by Gasteiger charge is 2.22. The van der Waals surface area contributed by atoms with Crippen molar-refractivity contribution in [2.45, 2.75) is 0 Å². The van der Waals surface area contributed by atoms with Crippen molar-refractivity contribution >= 4 is 45.8 Å². The van der Waals surface area contributed by atoms with Gasteiger partial charge in [-0.3, -0.25) is 14.6 Å². The minimum absolute atomic E-state index is 0.114. The van der Waals surface area contributed by atoms with Crippen molar-refractivity contribution < 1.29 is 14.3 Å².